The Morgan fingerprint density at radius 2 is 2.00 bits per heavy atom. The van der Waals surface area contributed by atoms with Crippen LogP contribution in [0.1, 0.15) is 46.0 Å². The average Bonchev–Trinajstić information content (AvgIpc) is 2.98. The fourth-order valence-electron chi connectivity index (χ4n) is 2.52. The zero-order valence-corrected chi connectivity index (χ0v) is 10.4. The van der Waals surface area contributed by atoms with Crippen molar-refractivity contribution in [1.29, 1.82) is 0 Å². The number of nitrogens with one attached hydrogen (secondary N) is 1. The molecule has 1 heterocycles. The van der Waals surface area contributed by atoms with E-state index in [1.807, 2.05) is 13.8 Å². The van der Waals surface area contributed by atoms with Crippen molar-refractivity contribution in [2.45, 2.75) is 69.3 Å². The van der Waals surface area contributed by atoms with Crippen molar-refractivity contribution in [2.75, 3.05) is 6.61 Å². The molecule has 2 rings (SSSR count). The lowest BCUT2D eigenvalue weighted by molar-refractivity contribution is -0.172. The highest BCUT2D eigenvalue weighted by molar-refractivity contribution is 5.09. The Hall–Kier alpha value is -0.290. The zero-order valence-electron chi connectivity index (χ0n) is 10.4. The van der Waals surface area contributed by atoms with Crippen molar-refractivity contribution in [1.82, 2.24) is 5.32 Å². The second-order valence-electron chi connectivity index (χ2n) is 5.57. The molecule has 0 radical (unpaired) electrons. The van der Waals surface area contributed by atoms with Crippen LogP contribution in [0.5, 0.6) is 0 Å². The van der Waals surface area contributed by atoms with Gasteiger partial charge in [0.2, 0.25) is 0 Å². The van der Waals surface area contributed by atoms with Crippen LogP contribution in [-0.4, -0.2) is 30.0 Å². The monoisotopic (exact) mass is 251 g/mol. The topological polar surface area (TPSA) is 21.3 Å². The summed E-state index contributed by atoms with van der Waals surface area (Å²) < 4.78 is 44.1. The average molecular weight is 251 g/mol. The molecule has 2 unspecified atom stereocenters. The normalized spacial score (nSPS) is 36.9. The molecule has 17 heavy (non-hydrogen) atoms. The van der Waals surface area contributed by atoms with Crippen LogP contribution in [0.25, 0.3) is 0 Å². The standard InChI is InChI=1S/C12H20F3NO/c1-3-10(2)8-9(4-7-17-10)16-11(5-6-11)12(13,14)15/h9,16H,3-8H2,1-2H3. The van der Waals surface area contributed by atoms with E-state index >= 15 is 0 Å². The van der Waals surface area contributed by atoms with E-state index in [2.05, 4.69) is 5.32 Å². The third-order valence-corrected chi connectivity index (χ3v) is 4.12. The molecule has 100 valence electrons. The van der Waals surface area contributed by atoms with Gasteiger partial charge in [-0.3, -0.25) is 0 Å². The van der Waals surface area contributed by atoms with Gasteiger partial charge in [-0.15, -0.1) is 0 Å². The lowest BCUT2D eigenvalue weighted by Crippen LogP contribution is -2.54. The highest BCUT2D eigenvalue weighted by atomic mass is 19.4. The quantitative estimate of drug-likeness (QED) is 0.832. The molecule has 1 saturated carbocycles. The maximum atomic E-state index is 12.8. The summed E-state index contributed by atoms with van der Waals surface area (Å²) in [5.74, 6) is 0. The first kappa shape index (κ1) is 13.1. The molecule has 0 bridgehead atoms. The van der Waals surface area contributed by atoms with E-state index in [4.69, 9.17) is 4.74 Å². The van der Waals surface area contributed by atoms with Gasteiger partial charge in [-0.1, -0.05) is 6.92 Å². The van der Waals surface area contributed by atoms with Crippen molar-refractivity contribution in [3.8, 4) is 0 Å². The van der Waals surface area contributed by atoms with Crippen LogP contribution in [-0.2, 0) is 4.74 Å². The maximum Gasteiger partial charge on any atom is 0.406 e. The summed E-state index contributed by atoms with van der Waals surface area (Å²) in [7, 11) is 0. The highest BCUT2D eigenvalue weighted by Crippen LogP contribution is 2.50. The third-order valence-electron chi connectivity index (χ3n) is 4.12. The molecule has 2 aliphatic rings. The van der Waals surface area contributed by atoms with Crippen LogP contribution in [0.3, 0.4) is 0 Å². The van der Waals surface area contributed by atoms with Gasteiger partial charge in [0, 0.05) is 12.6 Å². The first-order valence-corrected chi connectivity index (χ1v) is 6.29. The van der Waals surface area contributed by atoms with Crippen LogP contribution in [0.15, 0.2) is 0 Å². The van der Waals surface area contributed by atoms with Crippen LogP contribution in [0.2, 0.25) is 0 Å². The van der Waals surface area contributed by atoms with E-state index in [1.165, 1.54) is 0 Å². The van der Waals surface area contributed by atoms with Gasteiger partial charge < -0.3 is 10.1 Å². The van der Waals surface area contributed by atoms with E-state index in [0.29, 0.717) is 19.4 Å². The SMILES string of the molecule is CCC1(C)CC(NC2(C(F)(F)F)CC2)CCO1. The lowest BCUT2D eigenvalue weighted by atomic mass is 9.89. The molecule has 0 amide bonds. The number of alkyl halides is 3. The summed E-state index contributed by atoms with van der Waals surface area (Å²) in [6, 6.07) is -0.0715. The maximum absolute atomic E-state index is 12.8. The van der Waals surface area contributed by atoms with Gasteiger partial charge in [-0.2, -0.15) is 13.2 Å². The minimum absolute atomic E-state index is 0.0715. The molecular weight excluding hydrogens is 231 g/mol. The summed E-state index contributed by atoms with van der Waals surface area (Å²) in [5, 5.41) is 2.83. The smallest absolute Gasteiger partial charge is 0.375 e. The second-order valence-corrected chi connectivity index (χ2v) is 5.57. The van der Waals surface area contributed by atoms with Crippen LogP contribution >= 0.6 is 0 Å². The Morgan fingerprint density at radius 1 is 1.35 bits per heavy atom. The number of ether oxygens (including phenoxy) is 1. The number of hydrogen-bond donors (Lipinski definition) is 1. The predicted octanol–water partition coefficient (Wildman–Crippen LogP) is 3.02. The molecule has 0 spiro atoms. The second kappa shape index (κ2) is 4.12. The predicted molar refractivity (Wildman–Crippen MR) is 58.8 cm³/mol. The first-order chi connectivity index (χ1) is 7.80. The Kier molecular flexibility index (Phi) is 3.19. The fraction of sp³-hybridized carbons (Fsp3) is 1.00. The number of halogens is 3. The number of rotatable bonds is 3. The van der Waals surface area contributed by atoms with Crippen LogP contribution in [0.4, 0.5) is 13.2 Å². The molecule has 5 heteroatoms. The minimum atomic E-state index is -4.12. The van der Waals surface area contributed by atoms with E-state index in [-0.39, 0.29) is 24.5 Å². The molecule has 1 aliphatic heterocycles. The Morgan fingerprint density at radius 3 is 2.47 bits per heavy atom. The first-order valence-electron chi connectivity index (χ1n) is 6.29. The minimum Gasteiger partial charge on any atom is -0.375 e. The van der Waals surface area contributed by atoms with Crippen molar-refractivity contribution in [2.24, 2.45) is 0 Å². The summed E-state index contributed by atoms with van der Waals surface area (Å²) in [5.41, 5.74) is -1.86. The van der Waals surface area contributed by atoms with Gasteiger partial charge in [0.25, 0.3) is 0 Å². The van der Waals surface area contributed by atoms with Crippen molar-refractivity contribution >= 4 is 0 Å². The summed E-state index contributed by atoms with van der Waals surface area (Å²) >= 11 is 0. The molecule has 2 atom stereocenters. The summed E-state index contributed by atoms with van der Waals surface area (Å²) in [6.45, 7) is 4.54. The van der Waals surface area contributed by atoms with Crippen molar-refractivity contribution < 1.29 is 17.9 Å². The Bertz CT molecular complexity index is 288. The van der Waals surface area contributed by atoms with Gasteiger partial charge in [0.05, 0.1) is 5.60 Å². The fourth-order valence-corrected chi connectivity index (χ4v) is 2.52. The molecule has 0 aromatic rings. The highest BCUT2D eigenvalue weighted by Gasteiger charge is 2.64. The summed E-state index contributed by atoms with van der Waals surface area (Å²) in [6.07, 6.45) is -1.50. The molecule has 2 fully saturated rings. The van der Waals surface area contributed by atoms with Crippen molar-refractivity contribution in [3.63, 3.8) is 0 Å². The largest absolute Gasteiger partial charge is 0.406 e. The Balaban J connectivity index is 1.96. The zero-order chi connectivity index (χ0) is 12.7. The van der Waals surface area contributed by atoms with Crippen LogP contribution < -0.4 is 5.32 Å². The van der Waals surface area contributed by atoms with E-state index in [9.17, 15) is 13.2 Å². The third kappa shape index (κ3) is 2.60. The molecule has 1 aliphatic carbocycles. The van der Waals surface area contributed by atoms with Crippen molar-refractivity contribution in [3.05, 3.63) is 0 Å². The number of hydrogen-bond acceptors (Lipinski definition) is 2. The van der Waals surface area contributed by atoms with Gasteiger partial charge in [-0.25, -0.2) is 0 Å². The van der Waals surface area contributed by atoms with Gasteiger partial charge in [-0.05, 0) is 39.0 Å². The van der Waals surface area contributed by atoms with Gasteiger partial charge in [0.15, 0.2) is 0 Å². The van der Waals surface area contributed by atoms with E-state index < -0.39 is 11.7 Å². The van der Waals surface area contributed by atoms with E-state index in [1.54, 1.807) is 0 Å². The molecule has 2 nitrogen and oxygen atoms in total. The molecule has 1 N–H and O–H groups in total. The molecule has 1 saturated heterocycles. The van der Waals surface area contributed by atoms with Crippen LogP contribution in [0, 0.1) is 0 Å². The summed E-state index contributed by atoms with van der Waals surface area (Å²) in [4.78, 5) is 0. The molecule has 0 aromatic heterocycles. The van der Waals surface area contributed by atoms with Gasteiger partial charge >= 0.3 is 6.18 Å². The Labute approximate surface area is 99.9 Å². The lowest BCUT2D eigenvalue weighted by Gasteiger charge is -2.40. The van der Waals surface area contributed by atoms with E-state index in [0.717, 1.165) is 6.42 Å². The van der Waals surface area contributed by atoms with Gasteiger partial charge in [0.1, 0.15) is 5.54 Å². The molecule has 0 aromatic carbocycles. The molecular formula is C12H20F3NO.